The van der Waals surface area contributed by atoms with Gasteiger partial charge in [0.2, 0.25) is 5.95 Å². The molecule has 1 aromatic heterocycles. The first-order valence-electron chi connectivity index (χ1n) is 7.45. The van der Waals surface area contributed by atoms with Crippen molar-refractivity contribution >= 4 is 11.9 Å². The average Bonchev–Trinajstić information content (AvgIpc) is 2.47. The van der Waals surface area contributed by atoms with Crippen molar-refractivity contribution in [3.05, 3.63) is 17.0 Å². The lowest BCUT2D eigenvalue weighted by Crippen LogP contribution is -2.36. The van der Waals surface area contributed by atoms with Gasteiger partial charge in [-0.15, -0.1) is 0 Å². The zero-order chi connectivity index (χ0) is 15.4. The van der Waals surface area contributed by atoms with Crippen molar-refractivity contribution in [2.24, 2.45) is 5.92 Å². The first-order chi connectivity index (χ1) is 10.1. The van der Waals surface area contributed by atoms with Crippen molar-refractivity contribution in [1.29, 1.82) is 0 Å². The van der Waals surface area contributed by atoms with Crippen molar-refractivity contribution in [3.63, 3.8) is 0 Å². The van der Waals surface area contributed by atoms with Gasteiger partial charge in [0, 0.05) is 19.7 Å². The third kappa shape index (κ3) is 3.50. The van der Waals surface area contributed by atoms with Crippen LogP contribution in [0.4, 0.5) is 5.95 Å². The molecule has 0 bridgehead atoms. The topological polar surface area (TPSA) is 75.5 Å². The lowest BCUT2D eigenvalue weighted by atomic mass is 9.98. The van der Waals surface area contributed by atoms with Crippen molar-refractivity contribution in [2.75, 3.05) is 31.2 Å². The lowest BCUT2D eigenvalue weighted by molar-refractivity contribution is 0.0523. The van der Waals surface area contributed by atoms with E-state index in [1.807, 2.05) is 13.8 Å². The molecule has 21 heavy (non-hydrogen) atoms. The highest BCUT2D eigenvalue weighted by Gasteiger charge is 2.23. The maximum atomic E-state index is 11.9. The molecule has 0 saturated carbocycles. The Morgan fingerprint density at radius 2 is 1.86 bits per heavy atom. The summed E-state index contributed by atoms with van der Waals surface area (Å²) in [7, 11) is 0. The third-order valence-electron chi connectivity index (χ3n) is 3.89. The number of rotatable bonds is 4. The van der Waals surface area contributed by atoms with Crippen LogP contribution < -0.4 is 4.90 Å². The number of piperidine rings is 1. The summed E-state index contributed by atoms with van der Waals surface area (Å²) in [6, 6.07) is 0. The van der Waals surface area contributed by atoms with Gasteiger partial charge in [0.25, 0.3) is 0 Å². The SMILES string of the molecule is CCOC(=O)c1c(C)nc(N2CCC(CO)CC2)nc1C. The van der Waals surface area contributed by atoms with Gasteiger partial charge in [-0.2, -0.15) is 0 Å². The van der Waals surface area contributed by atoms with Gasteiger partial charge in [0.1, 0.15) is 5.56 Å². The molecule has 1 saturated heterocycles. The molecular weight excluding hydrogens is 270 g/mol. The maximum Gasteiger partial charge on any atom is 0.341 e. The molecule has 1 aliphatic rings. The van der Waals surface area contributed by atoms with E-state index >= 15 is 0 Å². The van der Waals surface area contributed by atoms with E-state index in [1.165, 1.54) is 0 Å². The number of esters is 1. The fraction of sp³-hybridized carbons (Fsp3) is 0.667. The summed E-state index contributed by atoms with van der Waals surface area (Å²) < 4.78 is 5.04. The second kappa shape index (κ2) is 6.85. The van der Waals surface area contributed by atoms with E-state index in [2.05, 4.69) is 14.9 Å². The Kier molecular flexibility index (Phi) is 5.12. The molecule has 0 atom stereocenters. The smallest absolute Gasteiger partial charge is 0.341 e. The minimum absolute atomic E-state index is 0.245. The highest BCUT2D eigenvalue weighted by atomic mass is 16.5. The number of anilines is 1. The second-order valence-electron chi connectivity index (χ2n) is 5.40. The quantitative estimate of drug-likeness (QED) is 0.847. The molecule has 0 spiro atoms. The zero-order valence-corrected chi connectivity index (χ0v) is 12.9. The standard InChI is InChI=1S/C15H23N3O3/c1-4-21-14(20)13-10(2)16-15(17-11(13)3)18-7-5-12(9-19)6-8-18/h12,19H,4-9H2,1-3H3. The number of carbonyl (C=O) groups excluding carboxylic acids is 1. The van der Waals surface area contributed by atoms with Gasteiger partial charge in [0.15, 0.2) is 0 Å². The number of carbonyl (C=O) groups is 1. The summed E-state index contributed by atoms with van der Waals surface area (Å²) in [5, 5.41) is 9.18. The van der Waals surface area contributed by atoms with Crippen LogP contribution in [0.5, 0.6) is 0 Å². The van der Waals surface area contributed by atoms with Gasteiger partial charge >= 0.3 is 5.97 Å². The molecule has 0 unspecified atom stereocenters. The number of aryl methyl sites for hydroxylation is 2. The van der Waals surface area contributed by atoms with E-state index in [0.717, 1.165) is 25.9 Å². The van der Waals surface area contributed by atoms with E-state index in [9.17, 15) is 9.90 Å². The van der Waals surface area contributed by atoms with Crippen LogP contribution in [0.25, 0.3) is 0 Å². The summed E-state index contributed by atoms with van der Waals surface area (Å²) in [6.45, 7) is 7.66. The van der Waals surface area contributed by atoms with Crippen LogP contribution in [0, 0.1) is 19.8 Å². The molecule has 1 aliphatic heterocycles. The van der Waals surface area contributed by atoms with Crippen LogP contribution in [-0.4, -0.2) is 47.3 Å². The van der Waals surface area contributed by atoms with Gasteiger partial charge in [0.05, 0.1) is 18.0 Å². The normalized spacial score (nSPS) is 16.1. The van der Waals surface area contributed by atoms with E-state index in [1.54, 1.807) is 6.92 Å². The van der Waals surface area contributed by atoms with Gasteiger partial charge in [-0.1, -0.05) is 0 Å². The Morgan fingerprint density at radius 3 is 2.33 bits per heavy atom. The Bertz CT molecular complexity index is 488. The molecular formula is C15H23N3O3. The first-order valence-corrected chi connectivity index (χ1v) is 7.45. The molecule has 116 valence electrons. The number of aromatic nitrogens is 2. The summed E-state index contributed by atoms with van der Waals surface area (Å²) in [6.07, 6.45) is 1.88. The fourth-order valence-electron chi connectivity index (χ4n) is 2.65. The summed E-state index contributed by atoms with van der Waals surface area (Å²) in [5.74, 6) is 0.676. The molecule has 2 rings (SSSR count). The second-order valence-corrected chi connectivity index (χ2v) is 5.40. The zero-order valence-electron chi connectivity index (χ0n) is 12.9. The third-order valence-corrected chi connectivity index (χ3v) is 3.89. The predicted octanol–water partition coefficient (Wildman–Crippen LogP) is 1.48. The fourth-order valence-corrected chi connectivity index (χ4v) is 2.65. The average molecular weight is 293 g/mol. The van der Waals surface area contributed by atoms with Gasteiger partial charge in [-0.3, -0.25) is 0 Å². The van der Waals surface area contributed by atoms with Crippen LogP contribution in [0.3, 0.4) is 0 Å². The Balaban J connectivity index is 2.18. The minimum atomic E-state index is -0.363. The molecule has 1 fully saturated rings. The maximum absolute atomic E-state index is 11.9. The Morgan fingerprint density at radius 1 is 1.29 bits per heavy atom. The Labute approximate surface area is 125 Å². The number of ether oxygens (including phenoxy) is 1. The summed E-state index contributed by atoms with van der Waals surface area (Å²) in [4.78, 5) is 23.0. The highest BCUT2D eigenvalue weighted by Crippen LogP contribution is 2.22. The predicted molar refractivity (Wildman–Crippen MR) is 79.5 cm³/mol. The van der Waals surface area contributed by atoms with Crippen LogP contribution in [0.15, 0.2) is 0 Å². The van der Waals surface area contributed by atoms with Crippen molar-refractivity contribution in [2.45, 2.75) is 33.6 Å². The van der Waals surface area contributed by atoms with Crippen LogP contribution >= 0.6 is 0 Å². The van der Waals surface area contributed by atoms with Crippen LogP contribution in [0.2, 0.25) is 0 Å². The van der Waals surface area contributed by atoms with Crippen LogP contribution in [0.1, 0.15) is 41.5 Å². The highest BCUT2D eigenvalue weighted by molar-refractivity contribution is 5.91. The van der Waals surface area contributed by atoms with Gasteiger partial charge in [-0.05, 0) is 39.5 Å². The minimum Gasteiger partial charge on any atom is -0.462 e. The number of hydrogen-bond acceptors (Lipinski definition) is 6. The monoisotopic (exact) mass is 293 g/mol. The molecule has 0 aromatic carbocycles. The number of aliphatic hydroxyl groups excluding tert-OH is 1. The van der Waals surface area contributed by atoms with E-state index < -0.39 is 0 Å². The molecule has 0 amide bonds. The molecule has 0 radical (unpaired) electrons. The molecule has 6 nitrogen and oxygen atoms in total. The molecule has 2 heterocycles. The van der Waals surface area contributed by atoms with Gasteiger partial charge in [-0.25, -0.2) is 14.8 Å². The summed E-state index contributed by atoms with van der Waals surface area (Å²) >= 11 is 0. The van der Waals surface area contributed by atoms with E-state index in [-0.39, 0.29) is 12.6 Å². The van der Waals surface area contributed by atoms with Crippen molar-refractivity contribution < 1.29 is 14.6 Å². The first kappa shape index (κ1) is 15.7. The van der Waals surface area contributed by atoms with E-state index in [0.29, 0.717) is 35.4 Å². The van der Waals surface area contributed by atoms with Crippen molar-refractivity contribution in [1.82, 2.24) is 9.97 Å². The Hall–Kier alpha value is -1.69. The molecule has 6 heteroatoms. The molecule has 1 N–H and O–H groups in total. The molecule has 0 aliphatic carbocycles. The van der Waals surface area contributed by atoms with Gasteiger partial charge < -0.3 is 14.7 Å². The van der Waals surface area contributed by atoms with E-state index in [4.69, 9.17) is 4.74 Å². The number of nitrogens with zero attached hydrogens (tertiary/aromatic N) is 3. The van der Waals surface area contributed by atoms with Crippen molar-refractivity contribution in [3.8, 4) is 0 Å². The van der Waals surface area contributed by atoms with Crippen LogP contribution in [-0.2, 0) is 4.74 Å². The largest absolute Gasteiger partial charge is 0.462 e. The lowest BCUT2D eigenvalue weighted by Gasteiger charge is -2.31. The number of hydrogen-bond donors (Lipinski definition) is 1. The number of aliphatic hydroxyl groups is 1. The molecule has 1 aromatic rings. The summed E-state index contributed by atoms with van der Waals surface area (Å²) in [5.41, 5.74) is 1.77.